The molecule has 3 aromatic carbocycles. The third kappa shape index (κ3) is 4.63. The minimum atomic E-state index is -0.790. The Labute approximate surface area is 236 Å². The van der Waals surface area contributed by atoms with Gasteiger partial charge in [-0.2, -0.15) is 5.26 Å². The molecule has 0 aliphatic carbocycles. The summed E-state index contributed by atoms with van der Waals surface area (Å²) in [4.78, 5) is 35.5. The standard InChI is InChI=1S/C33H35N5O2/c1-2-37-32(40)38(30-14-10-27(11-15-30)28-7-5-6-26(22-28)23-34)31(39)33(37)16-20-35(21-17-33)24-25-8-12-29(13-9-25)36-18-3-4-19-36/h5-15,22H,2-4,16-21,24H2,1H3. The molecule has 204 valence electrons. The number of imide groups is 1. The van der Waals surface area contributed by atoms with Gasteiger partial charge in [-0.1, -0.05) is 36.4 Å². The lowest BCUT2D eigenvalue weighted by atomic mass is 9.85. The molecule has 3 heterocycles. The van der Waals surface area contributed by atoms with Gasteiger partial charge in [0.05, 0.1) is 17.3 Å². The highest BCUT2D eigenvalue weighted by Gasteiger charge is 2.57. The lowest BCUT2D eigenvalue weighted by Crippen LogP contribution is -2.56. The highest BCUT2D eigenvalue weighted by atomic mass is 16.2. The molecule has 3 aromatic rings. The molecule has 0 bridgehead atoms. The SMILES string of the molecule is CCN1C(=O)N(c2ccc(-c3cccc(C#N)c3)cc2)C(=O)C12CCN(Cc1ccc(N3CCCC3)cc1)CC2. The van der Waals surface area contributed by atoms with Gasteiger partial charge in [-0.15, -0.1) is 0 Å². The van der Waals surface area contributed by atoms with Crippen LogP contribution in [0.25, 0.3) is 11.1 Å². The van der Waals surface area contributed by atoms with Gasteiger partial charge in [-0.3, -0.25) is 9.69 Å². The molecule has 0 radical (unpaired) electrons. The number of likely N-dealkylation sites (N-methyl/N-ethyl adjacent to an activating group) is 1. The molecule has 0 atom stereocenters. The van der Waals surface area contributed by atoms with E-state index in [1.807, 2.05) is 49.4 Å². The fourth-order valence-electron chi connectivity index (χ4n) is 6.56. The van der Waals surface area contributed by atoms with E-state index in [0.29, 0.717) is 30.6 Å². The highest BCUT2D eigenvalue weighted by molar-refractivity contribution is 6.23. The van der Waals surface area contributed by atoms with E-state index in [1.165, 1.54) is 29.0 Å². The number of amides is 3. The minimum absolute atomic E-state index is 0.117. The van der Waals surface area contributed by atoms with Crippen LogP contribution in [0.3, 0.4) is 0 Å². The van der Waals surface area contributed by atoms with Crippen LogP contribution in [-0.2, 0) is 11.3 Å². The lowest BCUT2D eigenvalue weighted by molar-refractivity contribution is -0.127. The van der Waals surface area contributed by atoms with Crippen LogP contribution < -0.4 is 9.80 Å². The number of anilines is 2. The Kier molecular flexibility index (Phi) is 7.03. The van der Waals surface area contributed by atoms with Crippen molar-refractivity contribution in [1.29, 1.82) is 5.26 Å². The second kappa shape index (κ2) is 10.8. The van der Waals surface area contributed by atoms with E-state index < -0.39 is 5.54 Å². The quantitative estimate of drug-likeness (QED) is 0.383. The number of hydrogen-bond donors (Lipinski definition) is 0. The van der Waals surface area contributed by atoms with Crippen molar-refractivity contribution in [3.8, 4) is 17.2 Å². The molecule has 3 fully saturated rings. The zero-order chi connectivity index (χ0) is 27.7. The number of nitrogens with zero attached hydrogens (tertiary/aromatic N) is 5. The molecule has 3 aliphatic rings. The minimum Gasteiger partial charge on any atom is -0.372 e. The van der Waals surface area contributed by atoms with Gasteiger partial charge in [-0.25, -0.2) is 9.69 Å². The van der Waals surface area contributed by atoms with Gasteiger partial charge < -0.3 is 9.80 Å². The van der Waals surface area contributed by atoms with E-state index in [2.05, 4.69) is 40.1 Å². The Morgan fingerprint density at radius 1 is 0.825 bits per heavy atom. The first-order valence-electron chi connectivity index (χ1n) is 14.4. The molecule has 40 heavy (non-hydrogen) atoms. The van der Waals surface area contributed by atoms with E-state index in [4.69, 9.17) is 0 Å². The van der Waals surface area contributed by atoms with Crippen LogP contribution in [0.1, 0.15) is 43.7 Å². The second-order valence-corrected chi connectivity index (χ2v) is 11.1. The molecular formula is C33H35N5O2. The fraction of sp³-hybridized carbons (Fsp3) is 0.364. The van der Waals surface area contributed by atoms with E-state index in [-0.39, 0.29) is 11.9 Å². The molecular weight excluding hydrogens is 498 g/mol. The Hall–Kier alpha value is -4.15. The largest absolute Gasteiger partial charge is 0.372 e. The summed E-state index contributed by atoms with van der Waals surface area (Å²) in [5, 5.41) is 9.22. The van der Waals surface area contributed by atoms with E-state index in [0.717, 1.165) is 43.9 Å². The summed E-state index contributed by atoms with van der Waals surface area (Å²) in [7, 11) is 0. The topological polar surface area (TPSA) is 70.9 Å². The van der Waals surface area contributed by atoms with Gasteiger partial charge >= 0.3 is 6.03 Å². The van der Waals surface area contributed by atoms with Crippen LogP contribution >= 0.6 is 0 Å². The maximum atomic E-state index is 13.9. The van der Waals surface area contributed by atoms with Crippen molar-refractivity contribution < 1.29 is 9.59 Å². The summed E-state index contributed by atoms with van der Waals surface area (Å²) < 4.78 is 0. The lowest BCUT2D eigenvalue weighted by Gasteiger charge is -2.41. The molecule has 0 aromatic heterocycles. The predicted molar refractivity (Wildman–Crippen MR) is 157 cm³/mol. The van der Waals surface area contributed by atoms with Crippen molar-refractivity contribution in [1.82, 2.24) is 9.80 Å². The smallest absolute Gasteiger partial charge is 0.332 e. The molecule has 0 N–H and O–H groups in total. The zero-order valence-corrected chi connectivity index (χ0v) is 23.1. The van der Waals surface area contributed by atoms with Crippen molar-refractivity contribution in [2.75, 3.05) is 42.5 Å². The van der Waals surface area contributed by atoms with Crippen LogP contribution in [0.2, 0.25) is 0 Å². The van der Waals surface area contributed by atoms with Crippen molar-refractivity contribution >= 4 is 23.3 Å². The Balaban J connectivity index is 1.14. The molecule has 3 aliphatic heterocycles. The highest BCUT2D eigenvalue weighted by Crippen LogP contribution is 2.40. The summed E-state index contributed by atoms with van der Waals surface area (Å²) in [6.45, 7) is 7.13. The number of rotatable bonds is 6. The van der Waals surface area contributed by atoms with Crippen LogP contribution in [0.4, 0.5) is 16.2 Å². The fourth-order valence-corrected chi connectivity index (χ4v) is 6.56. The number of carbonyl (C=O) groups excluding carboxylic acids is 2. The number of piperidine rings is 1. The Bertz CT molecular complexity index is 1430. The molecule has 7 heteroatoms. The summed E-state index contributed by atoms with van der Waals surface area (Å²) in [5.41, 5.74) is 4.84. The molecule has 3 amide bonds. The second-order valence-electron chi connectivity index (χ2n) is 11.1. The molecule has 1 spiro atoms. The van der Waals surface area contributed by atoms with E-state index in [9.17, 15) is 14.9 Å². The van der Waals surface area contributed by atoms with Crippen LogP contribution in [0.5, 0.6) is 0 Å². The number of likely N-dealkylation sites (tertiary alicyclic amines) is 1. The van der Waals surface area contributed by atoms with Crippen molar-refractivity contribution in [2.24, 2.45) is 0 Å². The van der Waals surface area contributed by atoms with Crippen LogP contribution in [0.15, 0.2) is 72.8 Å². The normalized spacial score (nSPS) is 19.1. The maximum absolute atomic E-state index is 13.9. The van der Waals surface area contributed by atoms with Gasteiger partial charge in [0.25, 0.3) is 5.91 Å². The first kappa shape index (κ1) is 26.1. The average Bonchev–Trinajstić information content (AvgIpc) is 3.60. The summed E-state index contributed by atoms with van der Waals surface area (Å²) in [5.74, 6) is -0.117. The number of nitriles is 1. The molecule has 0 unspecified atom stereocenters. The predicted octanol–water partition coefficient (Wildman–Crippen LogP) is 5.65. The van der Waals surface area contributed by atoms with Gasteiger partial charge in [0.1, 0.15) is 5.54 Å². The molecule has 0 saturated carbocycles. The van der Waals surface area contributed by atoms with Gasteiger partial charge in [0.2, 0.25) is 0 Å². The van der Waals surface area contributed by atoms with Crippen molar-refractivity contribution in [3.63, 3.8) is 0 Å². The molecule has 6 rings (SSSR count). The molecule has 3 saturated heterocycles. The van der Waals surface area contributed by atoms with E-state index in [1.54, 1.807) is 11.0 Å². The van der Waals surface area contributed by atoms with Crippen molar-refractivity contribution in [2.45, 2.75) is 44.7 Å². The first-order valence-corrected chi connectivity index (χ1v) is 14.4. The summed E-state index contributed by atoms with van der Waals surface area (Å²) in [6.07, 6.45) is 3.81. The third-order valence-corrected chi connectivity index (χ3v) is 8.80. The third-order valence-electron chi connectivity index (χ3n) is 8.80. The average molecular weight is 534 g/mol. The summed E-state index contributed by atoms with van der Waals surface area (Å²) in [6, 6.07) is 25.7. The number of urea groups is 1. The van der Waals surface area contributed by atoms with Crippen LogP contribution in [0, 0.1) is 11.3 Å². The number of hydrogen-bond acceptors (Lipinski definition) is 5. The van der Waals surface area contributed by atoms with Gasteiger partial charge in [-0.05, 0) is 85.7 Å². The van der Waals surface area contributed by atoms with Gasteiger partial charge in [0, 0.05) is 45.0 Å². The molecule has 7 nitrogen and oxygen atoms in total. The first-order chi connectivity index (χ1) is 19.5. The Morgan fingerprint density at radius 3 is 2.15 bits per heavy atom. The van der Waals surface area contributed by atoms with E-state index >= 15 is 0 Å². The number of benzene rings is 3. The van der Waals surface area contributed by atoms with Crippen molar-refractivity contribution in [3.05, 3.63) is 83.9 Å². The maximum Gasteiger partial charge on any atom is 0.332 e. The van der Waals surface area contributed by atoms with Gasteiger partial charge in [0.15, 0.2) is 0 Å². The Morgan fingerprint density at radius 2 is 1.50 bits per heavy atom. The zero-order valence-electron chi connectivity index (χ0n) is 23.1. The monoisotopic (exact) mass is 533 g/mol. The summed E-state index contributed by atoms with van der Waals surface area (Å²) >= 11 is 0. The number of carbonyl (C=O) groups is 2. The van der Waals surface area contributed by atoms with Crippen LogP contribution in [-0.4, -0.2) is 60.0 Å².